The highest BCUT2D eigenvalue weighted by Crippen LogP contribution is 1.90. The fourth-order valence-corrected chi connectivity index (χ4v) is 2.04. The van der Waals surface area contributed by atoms with Crippen LogP contribution >= 0.6 is 11.1 Å². The normalized spacial score (nSPS) is 12.0. The summed E-state index contributed by atoms with van der Waals surface area (Å²) in [4.78, 5) is 9.16. The number of nitrogens with one attached hydrogen (secondary N) is 3. The molecule has 0 aliphatic heterocycles. The summed E-state index contributed by atoms with van der Waals surface area (Å²) >= 11 is 6.01. The van der Waals surface area contributed by atoms with Crippen LogP contribution < -0.4 is 14.9 Å². The minimum Gasteiger partial charge on any atom is -0.304 e. The minimum absolute atomic E-state index is 0.886. The van der Waals surface area contributed by atoms with Gasteiger partial charge >= 0.3 is 7.87 Å². The fraction of sp³-hybridized carbons (Fsp3) is 1.00. The van der Waals surface area contributed by atoms with Crippen molar-refractivity contribution in [3.63, 3.8) is 0 Å². The third-order valence-electron chi connectivity index (χ3n) is 1.11. The molecule has 0 aliphatic rings. The number of hydrogen-bond acceptors (Lipinski definition) is 3. The highest BCUT2D eigenvalue weighted by Gasteiger charge is 2.25. The Morgan fingerprint density at radius 1 is 1.33 bits per heavy atom. The second kappa shape index (κ2) is 4.24. The Bertz CT molecular complexity index is 76.2. The molecule has 0 bridgehead atoms. The van der Waals surface area contributed by atoms with Gasteiger partial charge in [0.25, 0.3) is 0 Å². The summed E-state index contributed by atoms with van der Waals surface area (Å²) < 4.78 is 0. The zero-order valence-electron chi connectivity index (χ0n) is 6.09. The molecule has 56 valence electrons. The molecule has 0 saturated heterocycles. The van der Waals surface area contributed by atoms with E-state index in [1.54, 1.807) is 0 Å². The lowest BCUT2D eigenvalue weighted by Crippen LogP contribution is -2.66. The van der Waals surface area contributed by atoms with Crippen molar-refractivity contribution < 1.29 is 0 Å². The van der Waals surface area contributed by atoms with Gasteiger partial charge < -0.3 is 14.9 Å². The molecule has 0 fully saturated rings. The van der Waals surface area contributed by atoms with Gasteiger partial charge in [-0.05, 0) is 20.6 Å². The van der Waals surface area contributed by atoms with Gasteiger partial charge in [-0.2, -0.15) is 0 Å². The van der Waals surface area contributed by atoms with Crippen LogP contribution in [0.15, 0.2) is 0 Å². The lowest BCUT2D eigenvalue weighted by molar-refractivity contribution is 0.883. The van der Waals surface area contributed by atoms with E-state index in [1.165, 1.54) is 0 Å². The van der Waals surface area contributed by atoms with Gasteiger partial charge in [-0.1, -0.05) is 6.92 Å². The molecule has 0 aromatic rings. The smallest absolute Gasteiger partial charge is 0.304 e. The molecule has 0 spiro atoms. The van der Waals surface area contributed by atoms with Gasteiger partial charge in [-0.3, -0.25) is 0 Å². The second-order valence-corrected chi connectivity index (χ2v) is 6.06. The Balaban J connectivity index is 3.62. The number of halogens is 1. The average molecular weight is 168 g/mol. The molecule has 0 aromatic heterocycles. The Kier molecular flexibility index (Phi) is 4.42. The van der Waals surface area contributed by atoms with E-state index in [9.17, 15) is 0 Å². The maximum atomic E-state index is 6.01. The fourth-order valence-electron chi connectivity index (χ4n) is 0.545. The zero-order valence-corrected chi connectivity index (χ0v) is 7.84. The predicted octanol–water partition coefficient (Wildman–Crippen LogP) is -0.291. The molecule has 0 atom stereocenters. The maximum absolute atomic E-state index is 6.01. The molecule has 0 aromatic carbocycles. The molecule has 0 aliphatic carbocycles. The van der Waals surface area contributed by atoms with Crippen molar-refractivity contribution in [1.82, 2.24) is 14.9 Å². The molecule has 0 saturated carbocycles. The monoisotopic (exact) mass is 167 g/mol. The highest BCUT2D eigenvalue weighted by atomic mass is 35.6. The Morgan fingerprint density at radius 2 is 1.78 bits per heavy atom. The molecular weight excluding hydrogens is 154 g/mol. The standard InChI is InChI=1S/C4H14ClN3Si/c1-4-8-9(5,6-2)7-3/h6-8H,4H2,1-3H3. The first-order valence-corrected chi connectivity index (χ1v) is 6.01. The van der Waals surface area contributed by atoms with Crippen LogP contribution in [0.5, 0.6) is 0 Å². The molecule has 3 nitrogen and oxygen atoms in total. The van der Waals surface area contributed by atoms with Crippen LogP contribution in [0.2, 0.25) is 0 Å². The molecule has 0 radical (unpaired) electrons. The van der Waals surface area contributed by atoms with Crippen LogP contribution in [0.3, 0.4) is 0 Å². The summed E-state index contributed by atoms with van der Waals surface area (Å²) in [6.07, 6.45) is 0. The highest BCUT2D eigenvalue weighted by molar-refractivity contribution is 7.16. The summed E-state index contributed by atoms with van der Waals surface area (Å²) in [5.41, 5.74) is 0. The first-order valence-electron chi connectivity index (χ1n) is 3.00. The van der Waals surface area contributed by atoms with E-state index in [1.807, 2.05) is 21.0 Å². The molecular formula is C4H14ClN3Si. The lowest BCUT2D eigenvalue weighted by atomic mass is 10.8. The summed E-state index contributed by atoms with van der Waals surface area (Å²) in [7, 11) is 1.72. The predicted molar refractivity (Wildman–Crippen MR) is 43.4 cm³/mol. The van der Waals surface area contributed by atoms with Crippen molar-refractivity contribution in [2.75, 3.05) is 20.6 Å². The molecule has 0 amide bonds. The van der Waals surface area contributed by atoms with Crippen molar-refractivity contribution in [3.05, 3.63) is 0 Å². The molecule has 0 unspecified atom stereocenters. The van der Waals surface area contributed by atoms with Crippen LogP contribution in [0, 0.1) is 0 Å². The van der Waals surface area contributed by atoms with Crippen molar-refractivity contribution in [2.24, 2.45) is 0 Å². The van der Waals surface area contributed by atoms with Gasteiger partial charge in [0.05, 0.1) is 0 Å². The van der Waals surface area contributed by atoms with Crippen molar-refractivity contribution in [1.29, 1.82) is 0 Å². The van der Waals surface area contributed by atoms with Crippen LogP contribution in [-0.2, 0) is 0 Å². The topological polar surface area (TPSA) is 36.1 Å². The van der Waals surface area contributed by atoms with Gasteiger partial charge in [0.2, 0.25) is 0 Å². The SMILES string of the molecule is CCN[Si](Cl)(NC)NC. The quantitative estimate of drug-likeness (QED) is 0.398. The first-order chi connectivity index (χ1) is 4.18. The zero-order chi connectivity index (χ0) is 7.33. The van der Waals surface area contributed by atoms with E-state index in [-0.39, 0.29) is 0 Å². The van der Waals surface area contributed by atoms with Crippen molar-refractivity contribution in [2.45, 2.75) is 6.92 Å². The van der Waals surface area contributed by atoms with Gasteiger partial charge in [-0.15, -0.1) is 11.1 Å². The number of rotatable bonds is 4. The molecule has 9 heavy (non-hydrogen) atoms. The minimum atomic E-state index is -1.98. The van der Waals surface area contributed by atoms with E-state index in [2.05, 4.69) is 14.9 Å². The van der Waals surface area contributed by atoms with Gasteiger partial charge in [0, 0.05) is 0 Å². The van der Waals surface area contributed by atoms with E-state index in [4.69, 9.17) is 11.1 Å². The molecule has 0 heterocycles. The van der Waals surface area contributed by atoms with Gasteiger partial charge in [0.15, 0.2) is 0 Å². The average Bonchev–Trinajstić information content (AvgIpc) is 1.89. The third kappa shape index (κ3) is 3.17. The molecule has 0 rings (SSSR count). The maximum Gasteiger partial charge on any atom is 0.384 e. The number of hydrogen-bond donors (Lipinski definition) is 3. The van der Waals surface area contributed by atoms with E-state index in [0.717, 1.165) is 6.54 Å². The van der Waals surface area contributed by atoms with E-state index >= 15 is 0 Å². The van der Waals surface area contributed by atoms with Gasteiger partial charge in [-0.25, -0.2) is 0 Å². The van der Waals surface area contributed by atoms with Crippen molar-refractivity contribution >= 4 is 18.9 Å². The summed E-state index contributed by atoms with van der Waals surface area (Å²) in [5.74, 6) is 0. The van der Waals surface area contributed by atoms with Crippen LogP contribution in [-0.4, -0.2) is 28.5 Å². The van der Waals surface area contributed by atoms with E-state index < -0.39 is 7.87 Å². The largest absolute Gasteiger partial charge is 0.384 e. The van der Waals surface area contributed by atoms with Gasteiger partial charge in [0.1, 0.15) is 0 Å². The van der Waals surface area contributed by atoms with Crippen LogP contribution in [0.25, 0.3) is 0 Å². The Labute approximate surface area is 62.1 Å². The third-order valence-corrected chi connectivity index (χ3v) is 4.86. The summed E-state index contributed by atoms with van der Waals surface area (Å²) in [5, 5.41) is 0. The van der Waals surface area contributed by atoms with Crippen molar-refractivity contribution in [3.8, 4) is 0 Å². The summed E-state index contributed by atoms with van der Waals surface area (Å²) in [6, 6.07) is 0. The van der Waals surface area contributed by atoms with Crippen LogP contribution in [0.1, 0.15) is 6.92 Å². The Hall–Kier alpha value is 0.387. The molecule has 3 N–H and O–H groups in total. The Morgan fingerprint density at radius 3 is 1.89 bits per heavy atom. The lowest BCUT2D eigenvalue weighted by Gasteiger charge is -2.21. The van der Waals surface area contributed by atoms with Crippen LogP contribution in [0.4, 0.5) is 0 Å². The van der Waals surface area contributed by atoms with E-state index in [0.29, 0.717) is 0 Å². The summed E-state index contributed by atoms with van der Waals surface area (Å²) in [6.45, 7) is 2.91. The molecule has 5 heteroatoms. The first kappa shape index (κ1) is 9.39. The second-order valence-electron chi connectivity index (χ2n) is 1.69.